The van der Waals surface area contributed by atoms with Gasteiger partial charge in [-0.2, -0.15) is 0 Å². The quantitative estimate of drug-likeness (QED) is 0.493. The fourth-order valence-electron chi connectivity index (χ4n) is 2.35. The molecule has 0 atom stereocenters. The van der Waals surface area contributed by atoms with Crippen molar-refractivity contribution >= 4 is 40.8 Å². The molecule has 0 aliphatic rings. The minimum atomic E-state index is -0.448. The molecule has 0 spiro atoms. The zero-order chi connectivity index (χ0) is 21.2. The number of nitrogens with one attached hydrogen (secondary N) is 4. The molecule has 4 amide bonds. The fraction of sp³-hybridized carbons (Fsp3) is 0.250. The van der Waals surface area contributed by atoms with Crippen molar-refractivity contribution in [3.8, 4) is 5.75 Å². The third-order valence-electron chi connectivity index (χ3n) is 3.86. The SMILES string of the molecule is CCC(=O)Nc1ccc(C(=O)NCCNC(=O)Nc2cc(Cl)ccc2OC)cc1. The van der Waals surface area contributed by atoms with Gasteiger partial charge in [-0.15, -0.1) is 0 Å². The number of hydrogen-bond acceptors (Lipinski definition) is 4. The van der Waals surface area contributed by atoms with Gasteiger partial charge in [0.2, 0.25) is 5.91 Å². The first kappa shape index (κ1) is 22.0. The van der Waals surface area contributed by atoms with Crippen LogP contribution in [-0.2, 0) is 4.79 Å². The first-order valence-corrected chi connectivity index (χ1v) is 9.37. The van der Waals surface area contributed by atoms with Crippen molar-refractivity contribution in [3.63, 3.8) is 0 Å². The van der Waals surface area contributed by atoms with Crippen molar-refractivity contribution in [1.82, 2.24) is 10.6 Å². The lowest BCUT2D eigenvalue weighted by Crippen LogP contribution is -2.36. The van der Waals surface area contributed by atoms with Crippen molar-refractivity contribution < 1.29 is 19.1 Å². The van der Waals surface area contributed by atoms with Gasteiger partial charge in [0.05, 0.1) is 12.8 Å². The summed E-state index contributed by atoms with van der Waals surface area (Å²) < 4.78 is 5.16. The summed E-state index contributed by atoms with van der Waals surface area (Å²) in [6.07, 6.45) is 0.382. The van der Waals surface area contributed by atoms with E-state index in [4.69, 9.17) is 16.3 Å². The molecule has 0 unspecified atom stereocenters. The zero-order valence-electron chi connectivity index (χ0n) is 16.2. The van der Waals surface area contributed by atoms with Gasteiger partial charge >= 0.3 is 6.03 Å². The first-order valence-electron chi connectivity index (χ1n) is 8.99. The Balaban J connectivity index is 1.75. The zero-order valence-corrected chi connectivity index (χ0v) is 16.9. The molecule has 8 nitrogen and oxygen atoms in total. The molecule has 2 aromatic carbocycles. The lowest BCUT2D eigenvalue weighted by molar-refractivity contribution is -0.115. The average Bonchev–Trinajstić information content (AvgIpc) is 2.71. The van der Waals surface area contributed by atoms with Crippen molar-refractivity contribution in [2.75, 3.05) is 30.8 Å². The highest BCUT2D eigenvalue weighted by molar-refractivity contribution is 6.31. The Morgan fingerprint density at radius 3 is 2.31 bits per heavy atom. The number of ether oxygens (including phenoxy) is 1. The summed E-state index contributed by atoms with van der Waals surface area (Å²) in [7, 11) is 1.49. The highest BCUT2D eigenvalue weighted by Crippen LogP contribution is 2.27. The lowest BCUT2D eigenvalue weighted by Gasteiger charge is -2.12. The molecule has 0 saturated heterocycles. The van der Waals surface area contributed by atoms with E-state index in [1.807, 2.05) is 0 Å². The van der Waals surface area contributed by atoms with Crippen molar-refractivity contribution in [3.05, 3.63) is 53.1 Å². The van der Waals surface area contributed by atoms with Gasteiger partial charge in [0.1, 0.15) is 5.75 Å². The van der Waals surface area contributed by atoms with Gasteiger partial charge in [-0.25, -0.2) is 4.79 Å². The number of amides is 4. The van der Waals surface area contributed by atoms with Crippen LogP contribution in [0, 0.1) is 0 Å². The topological polar surface area (TPSA) is 109 Å². The molecule has 2 rings (SSSR count). The van der Waals surface area contributed by atoms with Crippen LogP contribution in [0.25, 0.3) is 0 Å². The molecule has 0 aliphatic heterocycles. The van der Waals surface area contributed by atoms with Crippen LogP contribution < -0.4 is 26.0 Å². The molecule has 2 aromatic rings. The van der Waals surface area contributed by atoms with Gasteiger partial charge < -0.3 is 26.0 Å². The van der Waals surface area contributed by atoms with E-state index in [-0.39, 0.29) is 24.9 Å². The van der Waals surface area contributed by atoms with Crippen LogP contribution in [0.2, 0.25) is 5.02 Å². The van der Waals surface area contributed by atoms with Crippen molar-refractivity contribution in [2.45, 2.75) is 13.3 Å². The summed E-state index contributed by atoms with van der Waals surface area (Å²) >= 11 is 5.92. The van der Waals surface area contributed by atoms with Crippen molar-refractivity contribution in [2.24, 2.45) is 0 Å². The molecule has 0 heterocycles. The second kappa shape index (κ2) is 10.9. The third-order valence-corrected chi connectivity index (χ3v) is 4.09. The number of benzene rings is 2. The average molecular weight is 419 g/mol. The molecule has 9 heteroatoms. The van der Waals surface area contributed by atoms with Gasteiger partial charge in [-0.05, 0) is 42.5 Å². The van der Waals surface area contributed by atoms with E-state index in [0.29, 0.717) is 34.1 Å². The van der Waals surface area contributed by atoms with Gasteiger partial charge in [0.25, 0.3) is 5.91 Å². The maximum atomic E-state index is 12.1. The molecular weight excluding hydrogens is 396 g/mol. The van der Waals surface area contributed by atoms with Crippen LogP contribution >= 0.6 is 11.6 Å². The van der Waals surface area contributed by atoms with E-state index in [1.54, 1.807) is 49.4 Å². The lowest BCUT2D eigenvalue weighted by atomic mass is 10.2. The largest absolute Gasteiger partial charge is 0.495 e. The van der Waals surface area contributed by atoms with Crippen LogP contribution in [0.5, 0.6) is 5.75 Å². The number of rotatable bonds is 8. The van der Waals surface area contributed by atoms with E-state index in [1.165, 1.54) is 7.11 Å². The molecule has 0 saturated carbocycles. The Bertz CT molecular complexity index is 871. The molecule has 154 valence electrons. The minimum absolute atomic E-state index is 0.0954. The smallest absolute Gasteiger partial charge is 0.319 e. The van der Waals surface area contributed by atoms with Crippen LogP contribution in [0.3, 0.4) is 0 Å². The Hall–Kier alpha value is -3.26. The predicted octanol–water partition coefficient (Wildman–Crippen LogP) is 3.25. The van der Waals surface area contributed by atoms with E-state index in [0.717, 1.165) is 0 Å². The van der Waals surface area contributed by atoms with Crippen LogP contribution in [0.1, 0.15) is 23.7 Å². The molecule has 4 N–H and O–H groups in total. The number of anilines is 2. The van der Waals surface area contributed by atoms with Crippen molar-refractivity contribution in [1.29, 1.82) is 0 Å². The summed E-state index contributed by atoms with van der Waals surface area (Å²) in [5.74, 6) is 0.107. The van der Waals surface area contributed by atoms with E-state index < -0.39 is 6.03 Å². The predicted molar refractivity (Wildman–Crippen MR) is 113 cm³/mol. The van der Waals surface area contributed by atoms with E-state index in [2.05, 4.69) is 21.3 Å². The summed E-state index contributed by atoms with van der Waals surface area (Å²) in [6, 6.07) is 11.0. The number of carbonyl (C=O) groups excluding carboxylic acids is 3. The molecule has 0 bridgehead atoms. The highest BCUT2D eigenvalue weighted by Gasteiger charge is 2.09. The van der Waals surface area contributed by atoms with E-state index in [9.17, 15) is 14.4 Å². The Kier molecular flexibility index (Phi) is 8.29. The van der Waals surface area contributed by atoms with Gasteiger partial charge in [0, 0.05) is 35.8 Å². The Labute approximate surface area is 174 Å². The summed E-state index contributed by atoms with van der Waals surface area (Å²) in [4.78, 5) is 35.5. The number of halogens is 1. The second-order valence-electron chi connectivity index (χ2n) is 5.96. The number of urea groups is 1. The van der Waals surface area contributed by atoms with E-state index >= 15 is 0 Å². The molecule has 0 aliphatic carbocycles. The molecule has 0 fully saturated rings. The number of hydrogen-bond donors (Lipinski definition) is 4. The summed E-state index contributed by atoms with van der Waals surface area (Å²) in [5, 5.41) is 11.2. The maximum absolute atomic E-state index is 12.1. The standard InChI is InChI=1S/C20H23ClN4O4/c1-3-18(26)24-15-7-4-13(5-8-15)19(27)22-10-11-23-20(28)25-16-12-14(21)6-9-17(16)29-2/h4-9,12H,3,10-11H2,1-2H3,(H,22,27)(H,24,26)(H2,23,25,28). The number of methoxy groups -OCH3 is 1. The minimum Gasteiger partial charge on any atom is -0.495 e. The second-order valence-corrected chi connectivity index (χ2v) is 6.40. The molecule has 0 aromatic heterocycles. The van der Waals surface area contributed by atoms with Gasteiger partial charge in [0.15, 0.2) is 0 Å². The highest BCUT2D eigenvalue weighted by atomic mass is 35.5. The van der Waals surface area contributed by atoms with Crippen LogP contribution in [0.15, 0.2) is 42.5 Å². The summed E-state index contributed by atoms with van der Waals surface area (Å²) in [6.45, 7) is 2.23. The Morgan fingerprint density at radius 2 is 1.66 bits per heavy atom. The third kappa shape index (κ3) is 7.00. The Morgan fingerprint density at radius 1 is 0.966 bits per heavy atom. The monoisotopic (exact) mass is 418 g/mol. The molecule has 29 heavy (non-hydrogen) atoms. The number of carbonyl (C=O) groups is 3. The normalized spacial score (nSPS) is 10.0. The molecule has 0 radical (unpaired) electrons. The molecular formula is C20H23ClN4O4. The fourth-order valence-corrected chi connectivity index (χ4v) is 2.52. The van der Waals surface area contributed by atoms with Crippen LogP contribution in [0.4, 0.5) is 16.2 Å². The summed E-state index contributed by atoms with van der Waals surface area (Å²) in [5.41, 5.74) is 1.52. The van der Waals surface area contributed by atoms with Crippen LogP contribution in [-0.4, -0.2) is 38.0 Å². The van der Waals surface area contributed by atoms with Gasteiger partial charge in [-0.3, -0.25) is 9.59 Å². The maximum Gasteiger partial charge on any atom is 0.319 e. The van der Waals surface area contributed by atoms with Gasteiger partial charge in [-0.1, -0.05) is 18.5 Å². The first-order chi connectivity index (χ1) is 13.9.